The van der Waals surface area contributed by atoms with Crippen molar-refractivity contribution in [1.29, 1.82) is 0 Å². The van der Waals surface area contributed by atoms with Crippen LogP contribution in [0.1, 0.15) is 9.75 Å². The summed E-state index contributed by atoms with van der Waals surface area (Å²) in [5, 5.41) is 15.0. The standard InChI is InChI=1S/C14H14BrN5S/c1-9-13(15)7-12(21-9)8-16-11-5-3-4-10(6-11)14-17-18-19-20(14)2/h3-7,16H,8H2,1-2H3. The number of nitrogens with zero attached hydrogens (tertiary/aromatic N) is 4. The molecule has 0 radical (unpaired) electrons. The summed E-state index contributed by atoms with van der Waals surface area (Å²) in [6.07, 6.45) is 0. The van der Waals surface area contributed by atoms with Gasteiger partial charge in [0, 0.05) is 39.1 Å². The molecule has 3 rings (SSSR count). The van der Waals surface area contributed by atoms with E-state index in [1.54, 1.807) is 16.0 Å². The van der Waals surface area contributed by atoms with E-state index in [9.17, 15) is 0 Å². The molecule has 0 aliphatic rings. The Morgan fingerprint density at radius 1 is 1.33 bits per heavy atom. The third-order valence-corrected chi connectivity index (χ3v) is 5.25. The molecule has 1 aromatic carbocycles. The number of aromatic nitrogens is 4. The fraction of sp³-hybridized carbons (Fsp3) is 0.214. The van der Waals surface area contributed by atoms with Crippen LogP contribution >= 0.6 is 27.3 Å². The molecule has 2 aromatic heterocycles. The molecule has 5 nitrogen and oxygen atoms in total. The van der Waals surface area contributed by atoms with Gasteiger partial charge in [0.1, 0.15) is 0 Å². The molecular weight excluding hydrogens is 350 g/mol. The second kappa shape index (κ2) is 5.95. The summed E-state index contributed by atoms with van der Waals surface area (Å²) in [6, 6.07) is 10.3. The first-order valence-corrected chi connectivity index (χ1v) is 8.06. The average molecular weight is 364 g/mol. The van der Waals surface area contributed by atoms with Gasteiger partial charge in [0.05, 0.1) is 0 Å². The van der Waals surface area contributed by atoms with Crippen molar-refractivity contribution in [2.75, 3.05) is 5.32 Å². The predicted octanol–water partition coefficient (Wildman–Crippen LogP) is 3.62. The molecule has 21 heavy (non-hydrogen) atoms. The molecule has 0 fully saturated rings. The van der Waals surface area contributed by atoms with Crippen LogP contribution in [0.25, 0.3) is 11.4 Å². The fourth-order valence-corrected chi connectivity index (χ4v) is 3.58. The molecule has 0 unspecified atom stereocenters. The van der Waals surface area contributed by atoms with E-state index in [0.717, 1.165) is 23.6 Å². The van der Waals surface area contributed by atoms with Gasteiger partial charge in [-0.15, -0.1) is 16.4 Å². The third-order valence-electron chi connectivity index (χ3n) is 3.12. The van der Waals surface area contributed by atoms with Crippen molar-refractivity contribution >= 4 is 33.0 Å². The van der Waals surface area contributed by atoms with Crippen molar-refractivity contribution in [3.63, 3.8) is 0 Å². The Morgan fingerprint density at radius 2 is 2.19 bits per heavy atom. The Morgan fingerprint density at radius 3 is 2.86 bits per heavy atom. The minimum atomic E-state index is 0.758. The van der Waals surface area contributed by atoms with E-state index in [1.165, 1.54) is 14.2 Å². The summed E-state index contributed by atoms with van der Waals surface area (Å²) < 4.78 is 2.84. The molecule has 108 valence electrons. The first-order chi connectivity index (χ1) is 10.1. The van der Waals surface area contributed by atoms with Crippen LogP contribution in [-0.4, -0.2) is 20.2 Å². The maximum atomic E-state index is 4.03. The Bertz CT molecular complexity index is 745. The molecule has 0 aliphatic carbocycles. The third kappa shape index (κ3) is 3.14. The molecule has 7 heteroatoms. The highest BCUT2D eigenvalue weighted by atomic mass is 79.9. The summed E-state index contributed by atoms with van der Waals surface area (Å²) in [4.78, 5) is 2.59. The number of thiophene rings is 1. The maximum absolute atomic E-state index is 4.03. The molecule has 0 saturated heterocycles. The smallest absolute Gasteiger partial charge is 0.181 e. The van der Waals surface area contributed by atoms with Crippen molar-refractivity contribution in [1.82, 2.24) is 20.2 Å². The Balaban J connectivity index is 1.76. The van der Waals surface area contributed by atoms with Crippen LogP contribution < -0.4 is 5.32 Å². The van der Waals surface area contributed by atoms with E-state index in [1.807, 2.05) is 25.2 Å². The van der Waals surface area contributed by atoms with Gasteiger partial charge < -0.3 is 5.32 Å². The minimum absolute atomic E-state index is 0.758. The number of anilines is 1. The molecular formula is C14H14BrN5S. The molecule has 0 spiro atoms. The van der Waals surface area contributed by atoms with Crippen molar-refractivity contribution in [2.24, 2.45) is 7.05 Å². The second-order valence-electron chi connectivity index (χ2n) is 4.68. The van der Waals surface area contributed by atoms with Crippen LogP contribution in [0.2, 0.25) is 0 Å². The van der Waals surface area contributed by atoms with Crippen LogP contribution in [0.5, 0.6) is 0 Å². The Labute approximate surface area is 135 Å². The molecule has 0 saturated carbocycles. The number of tetrazole rings is 1. The maximum Gasteiger partial charge on any atom is 0.181 e. The molecule has 0 atom stereocenters. The zero-order valence-electron chi connectivity index (χ0n) is 11.7. The summed E-state index contributed by atoms with van der Waals surface area (Å²) in [5.41, 5.74) is 2.05. The van der Waals surface area contributed by atoms with Gasteiger partial charge in [-0.05, 0) is 51.5 Å². The van der Waals surface area contributed by atoms with Gasteiger partial charge in [-0.2, -0.15) is 0 Å². The number of nitrogens with one attached hydrogen (secondary N) is 1. The normalized spacial score (nSPS) is 10.8. The number of halogens is 1. The van der Waals surface area contributed by atoms with E-state index >= 15 is 0 Å². The summed E-state index contributed by atoms with van der Waals surface area (Å²) in [7, 11) is 1.83. The lowest BCUT2D eigenvalue weighted by atomic mass is 10.2. The van der Waals surface area contributed by atoms with Crippen LogP contribution in [0.3, 0.4) is 0 Å². The van der Waals surface area contributed by atoms with Crippen molar-refractivity contribution in [3.8, 4) is 11.4 Å². The zero-order chi connectivity index (χ0) is 14.8. The largest absolute Gasteiger partial charge is 0.380 e. The predicted molar refractivity (Wildman–Crippen MR) is 88.3 cm³/mol. The first kappa shape index (κ1) is 14.2. The van der Waals surface area contributed by atoms with Gasteiger partial charge in [-0.1, -0.05) is 12.1 Å². The molecule has 0 aliphatic heterocycles. The second-order valence-corrected chi connectivity index (χ2v) is 6.87. The lowest BCUT2D eigenvalue weighted by Crippen LogP contribution is -1.99. The SMILES string of the molecule is Cc1sc(CNc2cccc(-c3nnnn3C)c2)cc1Br. The van der Waals surface area contributed by atoms with Gasteiger partial charge in [0.25, 0.3) is 0 Å². The highest BCUT2D eigenvalue weighted by Crippen LogP contribution is 2.27. The van der Waals surface area contributed by atoms with Gasteiger partial charge in [-0.3, -0.25) is 0 Å². The van der Waals surface area contributed by atoms with E-state index in [2.05, 4.69) is 55.8 Å². The monoisotopic (exact) mass is 363 g/mol. The number of hydrogen-bond donors (Lipinski definition) is 1. The van der Waals surface area contributed by atoms with Crippen LogP contribution in [0.4, 0.5) is 5.69 Å². The van der Waals surface area contributed by atoms with Crippen molar-refractivity contribution in [2.45, 2.75) is 13.5 Å². The van der Waals surface area contributed by atoms with Crippen LogP contribution in [0.15, 0.2) is 34.8 Å². The van der Waals surface area contributed by atoms with Gasteiger partial charge in [0.2, 0.25) is 0 Å². The summed E-state index contributed by atoms with van der Waals surface area (Å²) in [5.74, 6) is 0.758. The van der Waals surface area contributed by atoms with Crippen LogP contribution in [0, 0.1) is 6.92 Å². The lowest BCUT2D eigenvalue weighted by molar-refractivity contribution is 0.714. The van der Waals surface area contributed by atoms with E-state index < -0.39 is 0 Å². The highest BCUT2D eigenvalue weighted by molar-refractivity contribution is 9.10. The first-order valence-electron chi connectivity index (χ1n) is 6.45. The molecule has 0 bridgehead atoms. The molecule has 1 N–H and O–H groups in total. The van der Waals surface area contributed by atoms with Crippen molar-refractivity contribution in [3.05, 3.63) is 44.6 Å². The number of aryl methyl sites for hydroxylation is 2. The van der Waals surface area contributed by atoms with E-state index in [4.69, 9.17) is 0 Å². The summed E-state index contributed by atoms with van der Waals surface area (Å²) in [6.45, 7) is 2.91. The summed E-state index contributed by atoms with van der Waals surface area (Å²) >= 11 is 5.34. The van der Waals surface area contributed by atoms with Gasteiger partial charge in [-0.25, -0.2) is 4.68 Å². The quantitative estimate of drug-likeness (QED) is 0.768. The zero-order valence-corrected chi connectivity index (χ0v) is 14.1. The average Bonchev–Trinajstić information content (AvgIpc) is 3.03. The molecule has 0 amide bonds. The number of rotatable bonds is 4. The van der Waals surface area contributed by atoms with E-state index in [-0.39, 0.29) is 0 Å². The molecule has 2 heterocycles. The molecule has 3 aromatic rings. The van der Waals surface area contributed by atoms with Gasteiger partial charge in [0.15, 0.2) is 5.82 Å². The minimum Gasteiger partial charge on any atom is -0.380 e. The number of hydrogen-bond acceptors (Lipinski definition) is 5. The fourth-order valence-electron chi connectivity index (χ4n) is 2.04. The Hall–Kier alpha value is -1.73. The van der Waals surface area contributed by atoms with E-state index in [0.29, 0.717) is 0 Å². The lowest BCUT2D eigenvalue weighted by Gasteiger charge is -2.06. The number of benzene rings is 1. The topological polar surface area (TPSA) is 55.6 Å². The Kier molecular flexibility index (Phi) is 4.03. The highest BCUT2D eigenvalue weighted by Gasteiger charge is 2.07. The van der Waals surface area contributed by atoms with Crippen molar-refractivity contribution < 1.29 is 0 Å². The van der Waals surface area contributed by atoms with Crippen LogP contribution in [-0.2, 0) is 13.6 Å². The van der Waals surface area contributed by atoms with Gasteiger partial charge >= 0.3 is 0 Å².